The molecule has 0 saturated carbocycles. The second kappa shape index (κ2) is 6.08. The molecule has 0 fully saturated rings. The SMILES string of the molecule is CCCCNc1nc2n(c1C(=O)OC(C)(C)C)CCS2. The second-order valence-corrected chi connectivity index (χ2v) is 6.94. The maximum Gasteiger partial charge on any atom is 0.359 e. The first kappa shape index (κ1) is 15.2. The van der Waals surface area contributed by atoms with Crippen LogP contribution in [0, 0.1) is 0 Å². The van der Waals surface area contributed by atoms with Crippen molar-refractivity contribution in [3.63, 3.8) is 0 Å². The van der Waals surface area contributed by atoms with E-state index in [-0.39, 0.29) is 5.97 Å². The number of imidazole rings is 1. The Bertz CT molecular complexity index is 491. The summed E-state index contributed by atoms with van der Waals surface area (Å²) in [6, 6.07) is 0. The molecule has 20 heavy (non-hydrogen) atoms. The van der Waals surface area contributed by atoms with E-state index in [9.17, 15) is 4.79 Å². The summed E-state index contributed by atoms with van der Waals surface area (Å²) in [6.07, 6.45) is 2.17. The molecule has 1 aromatic rings. The number of thioether (sulfide) groups is 1. The van der Waals surface area contributed by atoms with Crippen molar-refractivity contribution in [3.05, 3.63) is 5.69 Å². The van der Waals surface area contributed by atoms with E-state index in [2.05, 4.69) is 17.2 Å². The number of anilines is 1. The van der Waals surface area contributed by atoms with Gasteiger partial charge in [0.15, 0.2) is 16.7 Å². The third-order valence-electron chi connectivity index (χ3n) is 2.89. The van der Waals surface area contributed by atoms with Crippen LogP contribution in [-0.4, -0.2) is 33.4 Å². The molecule has 0 spiro atoms. The summed E-state index contributed by atoms with van der Waals surface area (Å²) >= 11 is 1.68. The first-order valence-electron chi connectivity index (χ1n) is 7.13. The summed E-state index contributed by atoms with van der Waals surface area (Å²) in [7, 11) is 0. The standard InChI is InChI=1S/C14H23N3O2S/c1-5-6-7-15-11-10(12(18)19-14(2,3)4)17-8-9-20-13(17)16-11/h15H,5-9H2,1-4H3. The van der Waals surface area contributed by atoms with E-state index in [0.29, 0.717) is 11.5 Å². The molecule has 1 N–H and O–H groups in total. The van der Waals surface area contributed by atoms with Crippen molar-refractivity contribution in [3.8, 4) is 0 Å². The fourth-order valence-electron chi connectivity index (χ4n) is 2.02. The number of carbonyl (C=O) groups excluding carboxylic acids is 1. The molecule has 0 bridgehead atoms. The van der Waals surface area contributed by atoms with Gasteiger partial charge < -0.3 is 14.6 Å². The molecule has 5 nitrogen and oxygen atoms in total. The predicted octanol–water partition coefficient (Wildman–Crippen LogP) is 3.16. The molecule has 0 atom stereocenters. The van der Waals surface area contributed by atoms with Gasteiger partial charge in [-0.05, 0) is 27.2 Å². The lowest BCUT2D eigenvalue weighted by Crippen LogP contribution is -2.26. The van der Waals surface area contributed by atoms with E-state index in [1.807, 2.05) is 25.3 Å². The van der Waals surface area contributed by atoms with Crippen LogP contribution in [0.5, 0.6) is 0 Å². The van der Waals surface area contributed by atoms with E-state index in [4.69, 9.17) is 4.74 Å². The number of hydrogen-bond acceptors (Lipinski definition) is 5. The lowest BCUT2D eigenvalue weighted by molar-refractivity contribution is 0.00584. The Morgan fingerprint density at radius 2 is 2.25 bits per heavy atom. The zero-order valence-corrected chi connectivity index (χ0v) is 13.5. The molecule has 1 aliphatic rings. The smallest absolute Gasteiger partial charge is 0.359 e. The van der Waals surface area contributed by atoms with E-state index >= 15 is 0 Å². The Morgan fingerprint density at radius 1 is 1.50 bits per heavy atom. The first-order chi connectivity index (χ1) is 9.42. The third kappa shape index (κ3) is 3.48. The fourth-order valence-corrected chi connectivity index (χ4v) is 2.97. The number of nitrogens with one attached hydrogen (secondary N) is 1. The van der Waals surface area contributed by atoms with Gasteiger partial charge in [0, 0.05) is 18.8 Å². The monoisotopic (exact) mass is 297 g/mol. The second-order valence-electron chi connectivity index (χ2n) is 5.87. The first-order valence-corrected chi connectivity index (χ1v) is 8.11. The zero-order chi connectivity index (χ0) is 14.8. The number of esters is 1. The van der Waals surface area contributed by atoms with Crippen molar-refractivity contribution >= 4 is 23.5 Å². The minimum absolute atomic E-state index is 0.294. The van der Waals surface area contributed by atoms with Gasteiger partial charge in [-0.15, -0.1) is 0 Å². The van der Waals surface area contributed by atoms with E-state index < -0.39 is 5.60 Å². The van der Waals surface area contributed by atoms with E-state index in [1.165, 1.54) is 0 Å². The topological polar surface area (TPSA) is 56.2 Å². The number of carbonyl (C=O) groups is 1. The summed E-state index contributed by atoms with van der Waals surface area (Å²) in [5.41, 5.74) is 0.0739. The molecule has 0 unspecified atom stereocenters. The lowest BCUT2D eigenvalue weighted by atomic mass is 10.2. The zero-order valence-electron chi connectivity index (χ0n) is 12.7. The van der Waals surface area contributed by atoms with Crippen LogP contribution < -0.4 is 5.32 Å². The average molecular weight is 297 g/mol. The number of hydrogen-bond donors (Lipinski definition) is 1. The quantitative estimate of drug-likeness (QED) is 0.668. The van der Waals surface area contributed by atoms with Crippen LogP contribution in [0.3, 0.4) is 0 Å². The van der Waals surface area contributed by atoms with Crippen molar-refractivity contribution in [1.29, 1.82) is 0 Å². The fraction of sp³-hybridized carbons (Fsp3) is 0.714. The Kier molecular flexibility index (Phi) is 4.62. The van der Waals surface area contributed by atoms with Crippen LogP contribution in [0.25, 0.3) is 0 Å². The molecule has 0 aromatic carbocycles. The highest BCUT2D eigenvalue weighted by molar-refractivity contribution is 7.99. The lowest BCUT2D eigenvalue weighted by Gasteiger charge is -2.20. The molecule has 2 rings (SSSR count). The summed E-state index contributed by atoms with van der Waals surface area (Å²) in [5, 5.41) is 4.17. The summed E-state index contributed by atoms with van der Waals surface area (Å²) in [5.74, 6) is 1.33. The molecule has 0 radical (unpaired) electrons. The van der Waals surface area contributed by atoms with Crippen LogP contribution >= 0.6 is 11.8 Å². The van der Waals surface area contributed by atoms with Crippen LogP contribution in [0.4, 0.5) is 5.82 Å². The Balaban J connectivity index is 2.22. The van der Waals surface area contributed by atoms with E-state index in [1.54, 1.807) is 11.8 Å². The van der Waals surface area contributed by atoms with Gasteiger partial charge in [0.2, 0.25) is 0 Å². The van der Waals surface area contributed by atoms with Crippen molar-refractivity contribution < 1.29 is 9.53 Å². The van der Waals surface area contributed by atoms with Crippen molar-refractivity contribution in [2.45, 2.75) is 57.8 Å². The normalized spacial score (nSPS) is 14.2. The van der Waals surface area contributed by atoms with E-state index in [0.717, 1.165) is 36.8 Å². The van der Waals surface area contributed by atoms with Gasteiger partial charge in [0.1, 0.15) is 5.60 Å². The van der Waals surface area contributed by atoms with Gasteiger partial charge in [-0.25, -0.2) is 9.78 Å². The predicted molar refractivity (Wildman–Crippen MR) is 81.5 cm³/mol. The van der Waals surface area contributed by atoms with Crippen molar-refractivity contribution in [2.75, 3.05) is 17.6 Å². The molecular formula is C14H23N3O2S. The van der Waals surface area contributed by atoms with Gasteiger partial charge in [-0.2, -0.15) is 0 Å². The van der Waals surface area contributed by atoms with Gasteiger partial charge in [0.25, 0.3) is 0 Å². The molecule has 0 aliphatic carbocycles. The van der Waals surface area contributed by atoms with Gasteiger partial charge in [-0.3, -0.25) is 0 Å². The van der Waals surface area contributed by atoms with Crippen LogP contribution in [0.15, 0.2) is 5.16 Å². The Labute approximate surface area is 124 Å². The largest absolute Gasteiger partial charge is 0.455 e. The molecule has 1 aromatic heterocycles. The number of unbranched alkanes of at least 4 members (excludes halogenated alkanes) is 1. The molecule has 0 amide bonds. The molecule has 112 valence electrons. The highest BCUT2D eigenvalue weighted by Crippen LogP contribution is 2.31. The Morgan fingerprint density at radius 3 is 2.90 bits per heavy atom. The van der Waals surface area contributed by atoms with Crippen LogP contribution in [0.1, 0.15) is 51.0 Å². The summed E-state index contributed by atoms with van der Waals surface area (Å²) < 4.78 is 7.47. The van der Waals surface area contributed by atoms with Crippen LogP contribution in [0.2, 0.25) is 0 Å². The number of ether oxygens (including phenoxy) is 1. The highest BCUT2D eigenvalue weighted by atomic mass is 32.2. The molecule has 2 heterocycles. The molecular weight excluding hydrogens is 274 g/mol. The van der Waals surface area contributed by atoms with Gasteiger partial charge in [-0.1, -0.05) is 25.1 Å². The summed E-state index contributed by atoms with van der Waals surface area (Å²) in [4.78, 5) is 16.9. The number of fused-ring (bicyclic) bond motifs is 1. The Hall–Kier alpha value is -1.17. The molecule has 0 saturated heterocycles. The van der Waals surface area contributed by atoms with Crippen molar-refractivity contribution in [2.24, 2.45) is 0 Å². The molecule has 6 heteroatoms. The summed E-state index contributed by atoms with van der Waals surface area (Å²) in [6.45, 7) is 9.42. The average Bonchev–Trinajstić information content (AvgIpc) is 2.86. The number of nitrogens with zero attached hydrogens (tertiary/aromatic N) is 2. The minimum atomic E-state index is -0.492. The molecule has 1 aliphatic heterocycles. The highest BCUT2D eigenvalue weighted by Gasteiger charge is 2.29. The minimum Gasteiger partial charge on any atom is -0.455 e. The van der Waals surface area contributed by atoms with Crippen LogP contribution in [-0.2, 0) is 11.3 Å². The third-order valence-corrected chi connectivity index (χ3v) is 3.85. The maximum absolute atomic E-state index is 12.4. The van der Waals surface area contributed by atoms with Gasteiger partial charge >= 0.3 is 5.97 Å². The van der Waals surface area contributed by atoms with Gasteiger partial charge in [0.05, 0.1) is 0 Å². The number of aromatic nitrogens is 2. The number of rotatable bonds is 5. The van der Waals surface area contributed by atoms with Crippen molar-refractivity contribution in [1.82, 2.24) is 9.55 Å². The maximum atomic E-state index is 12.4.